The Hall–Kier alpha value is -2.47. The molecule has 0 saturated heterocycles. The van der Waals surface area contributed by atoms with Crippen molar-refractivity contribution in [2.45, 2.75) is 44.2 Å². The number of para-hydroxylation sites is 1. The molecule has 5 atom stereocenters. The molecule has 4 nitrogen and oxygen atoms in total. The average Bonchev–Trinajstić information content (AvgIpc) is 3.16. The molecule has 2 saturated carbocycles. The highest BCUT2D eigenvalue weighted by atomic mass is 35.5. The van der Waals surface area contributed by atoms with Crippen LogP contribution in [0.15, 0.2) is 48.5 Å². The van der Waals surface area contributed by atoms with E-state index in [9.17, 15) is 18.4 Å². The number of halogens is 3. The van der Waals surface area contributed by atoms with Crippen molar-refractivity contribution < 1.29 is 18.4 Å². The lowest BCUT2D eigenvalue weighted by atomic mass is 9.98. The number of hydrogen-bond acceptors (Lipinski definition) is 2. The number of benzene rings is 2. The molecule has 0 radical (unpaired) electrons. The Morgan fingerprint density at radius 1 is 1.16 bits per heavy atom. The maximum Gasteiger partial charge on any atom is 0.352 e. The minimum absolute atomic E-state index is 0.0298. The molecule has 2 fully saturated rings. The van der Waals surface area contributed by atoms with E-state index >= 15 is 0 Å². The Bertz CT molecular complexity index is 1030. The molecule has 5 rings (SSSR count). The van der Waals surface area contributed by atoms with Gasteiger partial charge in [-0.25, -0.2) is 0 Å². The molecule has 2 amide bonds. The summed E-state index contributed by atoms with van der Waals surface area (Å²) in [6.07, 6.45) is 2.18. The molecular weight excluding hydrogens is 422 g/mol. The van der Waals surface area contributed by atoms with Crippen LogP contribution in [0.1, 0.15) is 42.1 Å². The molecule has 1 unspecified atom stereocenters. The lowest BCUT2D eigenvalue weighted by molar-refractivity contribution is -0.142. The predicted molar refractivity (Wildman–Crippen MR) is 114 cm³/mol. The van der Waals surface area contributed by atoms with Crippen LogP contribution in [0, 0.1) is 17.8 Å². The molecule has 1 N–H and O–H groups in total. The number of carbonyl (C=O) groups is 2. The minimum atomic E-state index is -3.46. The highest BCUT2D eigenvalue weighted by molar-refractivity contribution is 6.30. The summed E-state index contributed by atoms with van der Waals surface area (Å²) in [5, 5.41) is 3.71. The predicted octanol–water partition coefficient (Wildman–Crippen LogP) is 5.01. The van der Waals surface area contributed by atoms with Gasteiger partial charge < -0.3 is 10.2 Å². The molecule has 2 aliphatic carbocycles. The normalized spacial score (nSPS) is 28.8. The number of hydrogen-bond donors (Lipinski definition) is 1. The Balaban J connectivity index is 1.26. The summed E-state index contributed by atoms with van der Waals surface area (Å²) in [5.74, 6) is -3.69. The van der Waals surface area contributed by atoms with Gasteiger partial charge in [-0.15, -0.1) is 0 Å². The second-order valence-corrected chi connectivity index (χ2v) is 9.23. The molecule has 2 aromatic rings. The zero-order chi connectivity index (χ0) is 21.9. The van der Waals surface area contributed by atoms with E-state index in [4.69, 9.17) is 11.6 Å². The van der Waals surface area contributed by atoms with E-state index in [-0.39, 0.29) is 23.6 Å². The lowest BCUT2D eigenvalue weighted by Gasteiger charge is -2.28. The van der Waals surface area contributed by atoms with Crippen molar-refractivity contribution in [3.8, 4) is 0 Å². The number of nitrogens with zero attached hydrogens (tertiary/aromatic N) is 1. The Kier molecular flexibility index (Phi) is 4.81. The van der Waals surface area contributed by atoms with Crippen LogP contribution in [0.2, 0.25) is 5.02 Å². The van der Waals surface area contributed by atoms with E-state index in [2.05, 4.69) is 5.32 Å². The summed E-state index contributed by atoms with van der Waals surface area (Å²) in [6.45, 7) is 2.04. The number of carbonyl (C=O) groups excluding carboxylic acids is 2. The molecular formula is C24H23ClF2N2O2. The number of rotatable bonds is 5. The Labute approximate surface area is 184 Å². The summed E-state index contributed by atoms with van der Waals surface area (Å²) < 4.78 is 29.0. The summed E-state index contributed by atoms with van der Waals surface area (Å²) >= 11 is 5.89. The Morgan fingerprint density at radius 2 is 1.81 bits per heavy atom. The molecule has 31 heavy (non-hydrogen) atoms. The van der Waals surface area contributed by atoms with Crippen molar-refractivity contribution in [3.05, 3.63) is 64.7 Å². The van der Waals surface area contributed by atoms with Crippen LogP contribution in [0.5, 0.6) is 0 Å². The minimum Gasteiger partial charge on any atom is -0.349 e. The fourth-order valence-corrected chi connectivity index (χ4v) is 5.81. The maximum atomic E-state index is 14.5. The van der Waals surface area contributed by atoms with Gasteiger partial charge in [0, 0.05) is 22.7 Å². The Morgan fingerprint density at radius 3 is 2.45 bits per heavy atom. The number of fused-ring (bicyclic) bond motifs is 2. The fraction of sp³-hybridized carbons (Fsp3) is 0.417. The first kappa shape index (κ1) is 20.4. The fourth-order valence-electron chi connectivity index (χ4n) is 5.68. The molecule has 2 aromatic carbocycles. The highest BCUT2D eigenvalue weighted by Crippen LogP contribution is 2.61. The second-order valence-electron chi connectivity index (χ2n) is 8.79. The third-order valence-corrected chi connectivity index (χ3v) is 7.42. The van der Waals surface area contributed by atoms with E-state index in [1.165, 1.54) is 11.0 Å². The molecule has 7 heteroatoms. The largest absolute Gasteiger partial charge is 0.352 e. The van der Waals surface area contributed by atoms with Crippen molar-refractivity contribution in [2.24, 2.45) is 17.8 Å². The van der Waals surface area contributed by atoms with Gasteiger partial charge in [0.25, 0.3) is 5.91 Å². The molecule has 1 heterocycles. The van der Waals surface area contributed by atoms with E-state index < -0.39 is 11.8 Å². The summed E-state index contributed by atoms with van der Waals surface area (Å²) in [6, 6.07) is 12.8. The summed E-state index contributed by atoms with van der Waals surface area (Å²) in [7, 11) is 0. The SMILES string of the molecule is CCC(NC(=O)c1ccc(Cl)cc1)[C@H]1[C@@H]2C[C@@H](N3C(=O)C(F)(F)c4ccccc43)C[C@@H]21. The molecule has 0 spiro atoms. The van der Waals surface area contributed by atoms with Crippen LogP contribution < -0.4 is 10.2 Å². The standard InChI is InChI=1S/C24H23ClF2N2O2/c1-2-19(28-22(30)13-7-9-14(25)10-8-13)21-16-11-15(12-17(16)21)29-20-6-4-3-5-18(20)24(26,27)23(29)31/h3-10,15-17,19,21H,2,11-12H2,1H3,(H,28,30)/t15-,16-,17+,19?,21+. The van der Waals surface area contributed by atoms with Crippen molar-refractivity contribution in [1.29, 1.82) is 0 Å². The molecule has 0 aromatic heterocycles. The van der Waals surface area contributed by atoms with E-state index in [1.807, 2.05) is 6.92 Å². The van der Waals surface area contributed by atoms with Crippen LogP contribution in [0.3, 0.4) is 0 Å². The topological polar surface area (TPSA) is 49.4 Å². The maximum absolute atomic E-state index is 14.5. The van der Waals surface area contributed by atoms with Crippen LogP contribution in [0.4, 0.5) is 14.5 Å². The first-order chi connectivity index (χ1) is 14.8. The highest BCUT2D eigenvalue weighted by Gasteiger charge is 2.63. The van der Waals surface area contributed by atoms with Crippen LogP contribution in [-0.4, -0.2) is 23.9 Å². The number of nitrogens with one attached hydrogen (secondary N) is 1. The summed E-state index contributed by atoms with van der Waals surface area (Å²) in [4.78, 5) is 26.4. The van der Waals surface area contributed by atoms with E-state index in [0.717, 1.165) is 6.42 Å². The van der Waals surface area contributed by atoms with Gasteiger partial charge in [0.15, 0.2) is 0 Å². The van der Waals surface area contributed by atoms with Gasteiger partial charge in [-0.1, -0.05) is 36.7 Å². The van der Waals surface area contributed by atoms with Gasteiger partial charge in [-0.05, 0) is 67.3 Å². The van der Waals surface area contributed by atoms with Crippen molar-refractivity contribution in [2.75, 3.05) is 4.90 Å². The zero-order valence-electron chi connectivity index (χ0n) is 17.0. The lowest BCUT2D eigenvalue weighted by Crippen LogP contribution is -2.43. The molecule has 162 valence electrons. The summed E-state index contributed by atoms with van der Waals surface area (Å²) in [5.41, 5.74) is 0.704. The van der Waals surface area contributed by atoms with Gasteiger partial charge in [-0.2, -0.15) is 8.78 Å². The van der Waals surface area contributed by atoms with E-state index in [1.54, 1.807) is 42.5 Å². The first-order valence-electron chi connectivity index (χ1n) is 10.7. The average molecular weight is 445 g/mol. The van der Waals surface area contributed by atoms with Crippen molar-refractivity contribution in [3.63, 3.8) is 0 Å². The quantitative estimate of drug-likeness (QED) is 0.704. The van der Waals surface area contributed by atoms with Gasteiger partial charge in [0.1, 0.15) is 0 Å². The molecule has 1 aliphatic heterocycles. The number of anilines is 1. The van der Waals surface area contributed by atoms with Gasteiger partial charge >= 0.3 is 11.8 Å². The van der Waals surface area contributed by atoms with Crippen molar-refractivity contribution in [1.82, 2.24) is 5.32 Å². The zero-order valence-corrected chi connectivity index (χ0v) is 17.8. The van der Waals surface area contributed by atoms with Gasteiger partial charge in [-0.3, -0.25) is 9.59 Å². The number of alkyl halides is 2. The van der Waals surface area contributed by atoms with Crippen LogP contribution >= 0.6 is 11.6 Å². The second kappa shape index (κ2) is 7.30. The first-order valence-corrected chi connectivity index (χ1v) is 11.1. The third kappa shape index (κ3) is 3.23. The van der Waals surface area contributed by atoms with Gasteiger partial charge in [0.05, 0.1) is 11.3 Å². The number of amides is 2. The monoisotopic (exact) mass is 444 g/mol. The smallest absolute Gasteiger partial charge is 0.349 e. The van der Waals surface area contributed by atoms with Crippen LogP contribution in [-0.2, 0) is 10.7 Å². The third-order valence-electron chi connectivity index (χ3n) is 7.17. The van der Waals surface area contributed by atoms with Crippen molar-refractivity contribution >= 4 is 29.1 Å². The van der Waals surface area contributed by atoms with Gasteiger partial charge in [0.2, 0.25) is 0 Å². The van der Waals surface area contributed by atoms with Crippen LogP contribution in [0.25, 0.3) is 0 Å². The molecule has 0 bridgehead atoms. The molecule has 3 aliphatic rings. The van der Waals surface area contributed by atoms with E-state index in [0.29, 0.717) is 46.9 Å².